The van der Waals surface area contributed by atoms with E-state index in [1.54, 1.807) is 19.6 Å². The number of hydrogen-bond acceptors (Lipinski definition) is 5. The molecule has 6 nitrogen and oxygen atoms in total. The van der Waals surface area contributed by atoms with E-state index >= 15 is 0 Å². The predicted molar refractivity (Wildman–Crippen MR) is 85.2 cm³/mol. The van der Waals surface area contributed by atoms with Crippen LogP contribution in [0, 0.1) is 0 Å². The Morgan fingerprint density at radius 3 is 3.23 bits per heavy atom. The Labute approximate surface area is 133 Å². The lowest BCUT2D eigenvalue weighted by Gasteiger charge is -2.20. The van der Waals surface area contributed by atoms with Gasteiger partial charge in [0.25, 0.3) is 0 Å². The normalized spacial score (nSPS) is 17.3. The van der Waals surface area contributed by atoms with Crippen LogP contribution in [0.15, 0.2) is 12.5 Å². The number of nitrogens with one attached hydrogen (secondary N) is 1. The van der Waals surface area contributed by atoms with Gasteiger partial charge in [-0.25, -0.2) is 9.97 Å². The molecule has 3 rings (SSSR count). The smallest absolute Gasteiger partial charge is 0.235 e. The van der Waals surface area contributed by atoms with Gasteiger partial charge < -0.3 is 14.6 Å². The van der Waals surface area contributed by atoms with E-state index in [1.807, 2.05) is 11.6 Å². The first-order valence-corrected chi connectivity index (χ1v) is 8.25. The van der Waals surface area contributed by atoms with Crippen LogP contribution >= 0.6 is 11.3 Å². The molecule has 1 N–H and O–H groups in total. The number of nitrogens with zero attached hydrogens (tertiary/aromatic N) is 3. The van der Waals surface area contributed by atoms with E-state index in [0.717, 1.165) is 36.3 Å². The second kappa shape index (κ2) is 6.58. The summed E-state index contributed by atoms with van der Waals surface area (Å²) in [6, 6.07) is 0. The van der Waals surface area contributed by atoms with Crippen LogP contribution in [0.3, 0.4) is 0 Å². The summed E-state index contributed by atoms with van der Waals surface area (Å²) in [6.45, 7) is 0.662. The number of aromatic nitrogens is 3. The number of carbonyl (C=O) groups is 1. The lowest BCUT2D eigenvalue weighted by Crippen LogP contribution is -2.25. The number of amides is 1. The zero-order valence-corrected chi connectivity index (χ0v) is 13.7. The van der Waals surface area contributed by atoms with Gasteiger partial charge in [-0.1, -0.05) is 0 Å². The number of anilines is 1. The molecule has 0 radical (unpaired) electrons. The van der Waals surface area contributed by atoms with Gasteiger partial charge in [-0.2, -0.15) is 0 Å². The largest absolute Gasteiger partial charge is 0.384 e. The summed E-state index contributed by atoms with van der Waals surface area (Å²) in [4.78, 5) is 22.3. The monoisotopic (exact) mass is 320 g/mol. The Kier molecular flexibility index (Phi) is 4.54. The second-order valence-corrected chi connectivity index (χ2v) is 6.61. The van der Waals surface area contributed by atoms with Crippen molar-refractivity contribution in [3.8, 4) is 0 Å². The second-order valence-electron chi connectivity index (χ2n) is 5.50. The minimum Gasteiger partial charge on any atom is -0.384 e. The fourth-order valence-electron chi connectivity index (χ4n) is 2.81. The Hall–Kier alpha value is -1.73. The highest BCUT2D eigenvalue weighted by Crippen LogP contribution is 2.31. The third-order valence-corrected chi connectivity index (χ3v) is 4.95. The summed E-state index contributed by atoms with van der Waals surface area (Å²) >= 11 is 1.50. The van der Waals surface area contributed by atoms with Crippen LogP contribution in [0.4, 0.5) is 5.13 Å². The highest BCUT2D eigenvalue weighted by molar-refractivity contribution is 7.15. The molecule has 0 fully saturated rings. The maximum atomic E-state index is 12.5. The highest BCUT2D eigenvalue weighted by Gasteiger charge is 2.30. The van der Waals surface area contributed by atoms with E-state index < -0.39 is 0 Å². The third kappa shape index (κ3) is 3.05. The molecule has 2 aromatic heterocycles. The number of thiazole rings is 1. The molecular weight excluding hydrogens is 300 g/mol. The maximum Gasteiger partial charge on any atom is 0.235 e. The molecule has 22 heavy (non-hydrogen) atoms. The average molecular weight is 320 g/mol. The summed E-state index contributed by atoms with van der Waals surface area (Å²) in [5, 5.41) is 3.59. The summed E-state index contributed by atoms with van der Waals surface area (Å²) in [7, 11) is 3.66. The molecule has 2 heterocycles. The Morgan fingerprint density at radius 2 is 2.41 bits per heavy atom. The fraction of sp³-hybridized carbons (Fsp3) is 0.533. The number of fused-ring (bicyclic) bond motifs is 1. The first kappa shape index (κ1) is 15.2. The van der Waals surface area contributed by atoms with Crippen LogP contribution in [-0.2, 0) is 29.4 Å². The van der Waals surface area contributed by atoms with Gasteiger partial charge in [0.2, 0.25) is 5.91 Å². The predicted octanol–water partition coefficient (Wildman–Crippen LogP) is 2.12. The molecule has 0 saturated heterocycles. The van der Waals surface area contributed by atoms with Crippen molar-refractivity contribution in [3.63, 3.8) is 0 Å². The topological polar surface area (TPSA) is 69.0 Å². The first-order chi connectivity index (χ1) is 10.7. The average Bonchev–Trinajstić information content (AvgIpc) is 3.12. The van der Waals surface area contributed by atoms with E-state index in [4.69, 9.17) is 4.74 Å². The zero-order chi connectivity index (χ0) is 15.5. The lowest BCUT2D eigenvalue weighted by molar-refractivity contribution is -0.118. The van der Waals surface area contributed by atoms with Gasteiger partial charge in [0, 0.05) is 37.3 Å². The SMILES string of the molecule is COCCc1cnc(NC(=O)C2CCCc3c2ncn3C)s1. The van der Waals surface area contributed by atoms with Crippen molar-refractivity contribution in [3.05, 3.63) is 28.8 Å². The number of aryl methyl sites for hydroxylation is 1. The molecule has 1 unspecified atom stereocenters. The van der Waals surface area contributed by atoms with E-state index in [-0.39, 0.29) is 11.8 Å². The number of ether oxygens (including phenoxy) is 1. The Morgan fingerprint density at radius 1 is 1.55 bits per heavy atom. The fourth-order valence-corrected chi connectivity index (χ4v) is 3.61. The van der Waals surface area contributed by atoms with Crippen molar-refractivity contribution in [2.75, 3.05) is 19.0 Å². The van der Waals surface area contributed by atoms with Crippen molar-refractivity contribution >= 4 is 22.4 Å². The molecule has 118 valence electrons. The molecule has 0 bridgehead atoms. The van der Waals surface area contributed by atoms with Crippen LogP contribution in [-0.4, -0.2) is 34.2 Å². The Bertz CT molecular complexity index is 664. The van der Waals surface area contributed by atoms with Gasteiger partial charge in [0.05, 0.1) is 24.5 Å². The van der Waals surface area contributed by atoms with E-state index in [1.165, 1.54) is 17.0 Å². The first-order valence-electron chi connectivity index (χ1n) is 7.43. The van der Waals surface area contributed by atoms with E-state index in [9.17, 15) is 4.79 Å². The van der Waals surface area contributed by atoms with Gasteiger partial charge in [0.1, 0.15) is 0 Å². The zero-order valence-electron chi connectivity index (χ0n) is 12.8. The molecule has 1 aliphatic carbocycles. The molecule has 1 atom stereocenters. The number of rotatable bonds is 5. The van der Waals surface area contributed by atoms with Crippen LogP contribution < -0.4 is 5.32 Å². The van der Waals surface area contributed by atoms with Crippen molar-refractivity contribution in [2.24, 2.45) is 7.05 Å². The Balaban J connectivity index is 1.69. The molecule has 2 aromatic rings. The van der Waals surface area contributed by atoms with Crippen molar-refractivity contribution in [1.29, 1.82) is 0 Å². The molecule has 0 aliphatic heterocycles. The summed E-state index contributed by atoms with van der Waals surface area (Å²) in [5.74, 6) is -0.177. The summed E-state index contributed by atoms with van der Waals surface area (Å²) in [5.41, 5.74) is 2.09. The van der Waals surface area contributed by atoms with Crippen molar-refractivity contribution in [1.82, 2.24) is 14.5 Å². The molecule has 0 saturated carbocycles. The van der Waals surface area contributed by atoms with Gasteiger partial charge >= 0.3 is 0 Å². The van der Waals surface area contributed by atoms with E-state index in [0.29, 0.717) is 11.7 Å². The van der Waals surface area contributed by atoms with Crippen LogP contribution in [0.5, 0.6) is 0 Å². The lowest BCUT2D eigenvalue weighted by atomic mass is 9.89. The van der Waals surface area contributed by atoms with Crippen molar-refractivity contribution in [2.45, 2.75) is 31.6 Å². The van der Waals surface area contributed by atoms with Crippen LogP contribution in [0.25, 0.3) is 0 Å². The third-order valence-electron chi connectivity index (χ3n) is 3.98. The van der Waals surface area contributed by atoms with Crippen LogP contribution in [0.1, 0.15) is 35.0 Å². The number of hydrogen-bond donors (Lipinski definition) is 1. The number of methoxy groups -OCH3 is 1. The molecule has 0 aromatic carbocycles. The van der Waals surface area contributed by atoms with Gasteiger partial charge in [0.15, 0.2) is 5.13 Å². The summed E-state index contributed by atoms with van der Waals surface area (Å²) in [6.07, 6.45) is 7.26. The van der Waals surface area contributed by atoms with Gasteiger partial charge in [-0.05, 0) is 19.3 Å². The number of imidazole rings is 1. The molecule has 1 amide bonds. The van der Waals surface area contributed by atoms with E-state index in [2.05, 4.69) is 15.3 Å². The summed E-state index contributed by atoms with van der Waals surface area (Å²) < 4.78 is 7.07. The highest BCUT2D eigenvalue weighted by atomic mass is 32.1. The van der Waals surface area contributed by atoms with Gasteiger partial charge in [-0.15, -0.1) is 11.3 Å². The standard InChI is InChI=1S/C15H20N4O2S/c1-19-9-17-13-11(4-3-5-12(13)19)14(20)18-15-16-8-10(22-15)6-7-21-2/h8-9,11H,3-7H2,1-2H3,(H,16,18,20). The van der Waals surface area contributed by atoms with Gasteiger partial charge in [-0.3, -0.25) is 4.79 Å². The minimum absolute atomic E-state index is 0.00714. The molecule has 1 aliphatic rings. The molecule has 0 spiro atoms. The number of carbonyl (C=O) groups excluding carboxylic acids is 1. The molecular formula is C15H20N4O2S. The minimum atomic E-state index is -0.170. The maximum absolute atomic E-state index is 12.5. The molecule has 7 heteroatoms. The van der Waals surface area contributed by atoms with Crippen molar-refractivity contribution < 1.29 is 9.53 Å². The quantitative estimate of drug-likeness (QED) is 0.916. The van der Waals surface area contributed by atoms with Crippen LogP contribution in [0.2, 0.25) is 0 Å².